The van der Waals surface area contributed by atoms with Crippen molar-refractivity contribution in [1.82, 2.24) is 0 Å². The molecule has 6 nitrogen and oxygen atoms in total. The summed E-state index contributed by atoms with van der Waals surface area (Å²) in [6.45, 7) is 0. The molecule has 0 heterocycles. The summed E-state index contributed by atoms with van der Waals surface area (Å²) in [5.74, 6) is -1.82. The van der Waals surface area contributed by atoms with Crippen molar-refractivity contribution in [1.29, 1.82) is 0 Å². The fourth-order valence-electron chi connectivity index (χ4n) is 0.281. The van der Waals surface area contributed by atoms with Crippen LogP contribution in [0.25, 0.3) is 0 Å². The highest BCUT2D eigenvalue weighted by Crippen LogP contribution is 2.39. The molecule has 0 aromatic carbocycles. The average Bonchev–Trinajstić information content (AvgIpc) is 1.60. The molecular formula is C3H5O6P. The first-order valence-electron chi connectivity index (χ1n) is 2.13. The second-order valence-electron chi connectivity index (χ2n) is 1.51. The van der Waals surface area contributed by atoms with Gasteiger partial charge in [-0.05, 0) is 0 Å². The lowest BCUT2D eigenvalue weighted by atomic mass is 10.5. The highest BCUT2D eigenvalue weighted by atomic mass is 31.2. The van der Waals surface area contributed by atoms with E-state index in [0.29, 0.717) is 0 Å². The fourth-order valence-corrected chi connectivity index (χ4v) is 0.728. The van der Waals surface area contributed by atoms with Gasteiger partial charge in [0.25, 0.3) is 0 Å². The van der Waals surface area contributed by atoms with Crippen LogP contribution in [0.15, 0.2) is 0 Å². The van der Waals surface area contributed by atoms with Crippen molar-refractivity contribution in [3.63, 3.8) is 0 Å². The van der Waals surface area contributed by atoms with E-state index in [-0.39, 0.29) is 6.29 Å². The molecule has 0 fully saturated rings. The third-order valence-electron chi connectivity index (χ3n) is 0.744. The predicted octanol–water partition coefficient (Wildman–Crippen LogP) is -1.18. The summed E-state index contributed by atoms with van der Waals surface area (Å²) in [7, 11) is -4.80. The van der Waals surface area contributed by atoms with Gasteiger partial charge in [-0.1, -0.05) is 0 Å². The van der Waals surface area contributed by atoms with Crippen LogP contribution in [0.3, 0.4) is 0 Å². The van der Waals surface area contributed by atoms with Crippen molar-refractivity contribution in [2.75, 3.05) is 0 Å². The lowest BCUT2D eigenvalue weighted by Crippen LogP contribution is -2.21. The van der Waals surface area contributed by atoms with Gasteiger partial charge in [0.15, 0.2) is 0 Å². The van der Waals surface area contributed by atoms with Crippen molar-refractivity contribution in [3.05, 3.63) is 0 Å². The highest BCUT2D eigenvalue weighted by molar-refractivity contribution is 7.54. The molecule has 1 atom stereocenters. The Bertz CT molecular complexity index is 191. The average molecular weight is 168 g/mol. The Labute approximate surface area is 55.6 Å². The third kappa shape index (κ3) is 2.26. The van der Waals surface area contributed by atoms with Gasteiger partial charge in [0.1, 0.15) is 6.29 Å². The number of carbonyl (C=O) groups is 2. The largest absolute Gasteiger partial charge is 0.480 e. The smallest absolute Gasteiger partial charge is 0.347 e. The van der Waals surface area contributed by atoms with Crippen LogP contribution in [0, 0.1) is 0 Å². The van der Waals surface area contributed by atoms with Gasteiger partial charge in [0.2, 0.25) is 5.66 Å². The molecule has 0 aliphatic carbocycles. The van der Waals surface area contributed by atoms with Gasteiger partial charge < -0.3 is 19.7 Å². The molecule has 10 heavy (non-hydrogen) atoms. The summed E-state index contributed by atoms with van der Waals surface area (Å²) in [6, 6.07) is 0. The molecule has 3 N–H and O–H groups in total. The molecule has 0 aromatic rings. The molecule has 0 aromatic heterocycles. The SMILES string of the molecule is O=CC(C(=O)O)P(=O)(O)O. The second-order valence-corrected chi connectivity index (χ2v) is 3.24. The van der Waals surface area contributed by atoms with Crippen molar-refractivity contribution >= 4 is 19.9 Å². The van der Waals surface area contributed by atoms with Gasteiger partial charge in [-0.15, -0.1) is 0 Å². The monoisotopic (exact) mass is 168 g/mol. The van der Waals surface area contributed by atoms with Crippen LogP contribution >= 0.6 is 7.60 Å². The molecule has 1 unspecified atom stereocenters. The zero-order chi connectivity index (χ0) is 8.36. The Hall–Kier alpha value is -0.710. The van der Waals surface area contributed by atoms with E-state index in [1.807, 2.05) is 0 Å². The number of aliphatic carboxylic acids is 1. The number of carboxylic acids is 1. The summed E-state index contributed by atoms with van der Waals surface area (Å²) in [5.41, 5.74) is -2.23. The van der Waals surface area contributed by atoms with E-state index >= 15 is 0 Å². The van der Waals surface area contributed by atoms with Gasteiger partial charge in [-0.2, -0.15) is 0 Å². The van der Waals surface area contributed by atoms with Crippen LogP contribution in [-0.2, 0) is 14.2 Å². The molecule has 0 spiro atoms. The summed E-state index contributed by atoms with van der Waals surface area (Å²) in [4.78, 5) is 35.9. The van der Waals surface area contributed by atoms with E-state index in [9.17, 15) is 14.2 Å². The number of hydrogen-bond donors (Lipinski definition) is 3. The molecule has 0 bridgehead atoms. The van der Waals surface area contributed by atoms with Crippen molar-refractivity contribution in [2.24, 2.45) is 0 Å². The normalized spacial score (nSPS) is 14.2. The van der Waals surface area contributed by atoms with Crippen molar-refractivity contribution in [2.45, 2.75) is 5.66 Å². The van der Waals surface area contributed by atoms with E-state index in [4.69, 9.17) is 14.9 Å². The van der Waals surface area contributed by atoms with Crippen molar-refractivity contribution in [3.8, 4) is 0 Å². The highest BCUT2D eigenvalue weighted by Gasteiger charge is 2.35. The summed E-state index contributed by atoms with van der Waals surface area (Å²) < 4.78 is 10.1. The summed E-state index contributed by atoms with van der Waals surface area (Å²) in [6.07, 6.45) is -0.289. The quantitative estimate of drug-likeness (QED) is 0.277. The minimum Gasteiger partial charge on any atom is -0.480 e. The molecule has 0 saturated carbocycles. The lowest BCUT2D eigenvalue weighted by Gasteiger charge is -2.05. The minimum absolute atomic E-state index is 0.289. The van der Waals surface area contributed by atoms with Crippen LogP contribution in [0.5, 0.6) is 0 Å². The Morgan fingerprint density at radius 3 is 1.90 bits per heavy atom. The Kier molecular flexibility index (Phi) is 2.71. The first-order valence-corrected chi connectivity index (χ1v) is 3.81. The molecule has 7 heteroatoms. The number of rotatable bonds is 3. The number of hydrogen-bond acceptors (Lipinski definition) is 3. The van der Waals surface area contributed by atoms with Gasteiger partial charge in [-0.3, -0.25) is 9.36 Å². The van der Waals surface area contributed by atoms with Gasteiger partial charge in [-0.25, -0.2) is 0 Å². The van der Waals surface area contributed by atoms with Gasteiger partial charge >= 0.3 is 13.6 Å². The molecule has 0 aliphatic rings. The number of carboxylic acid groups (broad SMARTS) is 1. The zero-order valence-corrected chi connectivity index (χ0v) is 5.56. The maximum atomic E-state index is 10.1. The Morgan fingerprint density at radius 2 is 1.90 bits per heavy atom. The Balaban J connectivity index is 4.53. The maximum absolute atomic E-state index is 10.1. The molecular weight excluding hydrogens is 163 g/mol. The van der Waals surface area contributed by atoms with Crippen LogP contribution in [0.1, 0.15) is 0 Å². The first kappa shape index (κ1) is 9.29. The van der Waals surface area contributed by atoms with E-state index in [0.717, 1.165) is 0 Å². The van der Waals surface area contributed by atoms with E-state index in [1.54, 1.807) is 0 Å². The van der Waals surface area contributed by atoms with Crippen LogP contribution < -0.4 is 0 Å². The fraction of sp³-hybridized carbons (Fsp3) is 0.333. The molecule has 0 aliphatic heterocycles. The van der Waals surface area contributed by atoms with E-state index in [2.05, 4.69) is 0 Å². The molecule has 0 amide bonds. The number of carbonyl (C=O) groups excluding carboxylic acids is 1. The molecule has 0 rings (SSSR count). The first-order chi connectivity index (χ1) is 4.39. The van der Waals surface area contributed by atoms with Crippen LogP contribution in [0.2, 0.25) is 0 Å². The summed E-state index contributed by atoms with van der Waals surface area (Å²) >= 11 is 0. The van der Waals surface area contributed by atoms with Gasteiger partial charge in [0, 0.05) is 0 Å². The van der Waals surface area contributed by atoms with Gasteiger partial charge in [0.05, 0.1) is 0 Å². The standard InChI is InChI=1S/C3H5O6P/c4-1-2(3(5)6)10(7,8)9/h1-2H,(H,5,6)(H2,7,8,9). The van der Waals surface area contributed by atoms with Crippen molar-refractivity contribution < 1.29 is 29.0 Å². The van der Waals surface area contributed by atoms with E-state index in [1.165, 1.54) is 0 Å². The predicted molar refractivity (Wildman–Crippen MR) is 29.5 cm³/mol. The molecule has 0 radical (unpaired) electrons. The molecule has 58 valence electrons. The second kappa shape index (κ2) is 2.92. The third-order valence-corrected chi connectivity index (χ3v) is 1.81. The topological polar surface area (TPSA) is 112 Å². The lowest BCUT2D eigenvalue weighted by molar-refractivity contribution is -0.138. The summed E-state index contributed by atoms with van der Waals surface area (Å²) in [5, 5.41) is 7.99. The van der Waals surface area contributed by atoms with E-state index < -0.39 is 19.2 Å². The minimum atomic E-state index is -4.80. The maximum Gasteiger partial charge on any atom is 0.347 e. The molecule has 0 saturated heterocycles. The van der Waals surface area contributed by atoms with Crippen LogP contribution in [-0.4, -0.2) is 32.8 Å². The zero-order valence-electron chi connectivity index (χ0n) is 4.67. The Morgan fingerprint density at radius 1 is 1.50 bits per heavy atom. The van der Waals surface area contributed by atoms with Crippen LogP contribution in [0.4, 0.5) is 0 Å². The number of aldehydes is 1.